The number of rotatable bonds is 5. The molecule has 0 radical (unpaired) electrons. The smallest absolute Gasteiger partial charge is 0.423 e. The van der Waals surface area contributed by atoms with Gasteiger partial charge in [0.1, 0.15) is 5.75 Å². The van der Waals surface area contributed by atoms with Crippen LogP contribution in [0.15, 0.2) is 42.5 Å². The number of carbonyl (C=O) groups is 3. The number of likely N-dealkylation sites (tertiary alicyclic amines) is 1. The van der Waals surface area contributed by atoms with Crippen molar-refractivity contribution in [2.45, 2.75) is 24.7 Å². The fourth-order valence-corrected chi connectivity index (χ4v) is 6.43. The highest BCUT2D eigenvalue weighted by Crippen LogP contribution is 2.58. The maximum atomic E-state index is 13.3. The van der Waals surface area contributed by atoms with E-state index in [4.69, 9.17) is 14.2 Å². The summed E-state index contributed by atoms with van der Waals surface area (Å²) >= 11 is 1.97. The van der Waals surface area contributed by atoms with Gasteiger partial charge in [0.15, 0.2) is 17.3 Å². The number of aliphatic hydroxyl groups is 1. The first-order valence-corrected chi connectivity index (χ1v) is 12.9. The molecule has 0 bridgehead atoms. The molecule has 3 fully saturated rings. The fraction of sp³-hybridized carbons (Fsp3) is 0.423. The van der Waals surface area contributed by atoms with E-state index in [0.29, 0.717) is 19.8 Å². The second kappa shape index (κ2) is 9.76. The van der Waals surface area contributed by atoms with Crippen molar-refractivity contribution in [3.63, 3.8) is 0 Å². The third-order valence-electron chi connectivity index (χ3n) is 7.56. The Morgan fingerprint density at radius 2 is 1.89 bits per heavy atom. The molecule has 2 aromatic carbocycles. The van der Waals surface area contributed by atoms with Crippen LogP contribution < -0.4 is 9.47 Å². The topological polar surface area (TPSA) is 132 Å². The lowest BCUT2D eigenvalue weighted by molar-refractivity contribution is -0.272. The van der Waals surface area contributed by atoms with Crippen LogP contribution in [-0.4, -0.2) is 59.6 Å². The Hall–Kier alpha value is -2.90. The van der Waals surface area contributed by atoms with Gasteiger partial charge in [-0.2, -0.15) is 4.90 Å². The van der Waals surface area contributed by atoms with Crippen molar-refractivity contribution in [3.05, 3.63) is 51.6 Å². The molecule has 2 heterocycles. The molecule has 2 aliphatic heterocycles. The zero-order valence-electron chi connectivity index (χ0n) is 20.1. The van der Waals surface area contributed by atoms with Crippen molar-refractivity contribution >= 4 is 40.5 Å². The molecule has 2 saturated heterocycles. The van der Waals surface area contributed by atoms with E-state index in [-0.39, 0.29) is 30.9 Å². The van der Waals surface area contributed by atoms with E-state index in [1.54, 1.807) is 24.3 Å². The molecule has 11 heteroatoms. The summed E-state index contributed by atoms with van der Waals surface area (Å²) in [6.07, 6.45) is -1.41. The van der Waals surface area contributed by atoms with Gasteiger partial charge in [-0.25, -0.2) is 4.79 Å². The van der Waals surface area contributed by atoms with Crippen LogP contribution >= 0.6 is 22.6 Å². The first kappa shape index (κ1) is 25.7. The van der Waals surface area contributed by atoms with Gasteiger partial charge >= 0.3 is 6.09 Å². The Bertz CT molecular complexity index is 1240. The molecule has 3 amide bonds. The number of hydrogen-bond donors (Lipinski definition) is 2. The van der Waals surface area contributed by atoms with E-state index in [0.717, 1.165) is 7.11 Å². The lowest BCUT2D eigenvalue weighted by Gasteiger charge is -2.44. The zero-order chi connectivity index (χ0) is 26.5. The summed E-state index contributed by atoms with van der Waals surface area (Å²) in [6, 6.07) is 12.4. The molecule has 5 rings (SSSR count). The van der Waals surface area contributed by atoms with Crippen molar-refractivity contribution in [2.24, 2.45) is 23.7 Å². The maximum absolute atomic E-state index is 13.3. The van der Waals surface area contributed by atoms with Gasteiger partial charge in [0, 0.05) is 11.8 Å². The predicted molar refractivity (Wildman–Crippen MR) is 136 cm³/mol. The van der Waals surface area contributed by atoms with Crippen LogP contribution in [0.5, 0.6) is 17.2 Å². The van der Waals surface area contributed by atoms with Gasteiger partial charge in [0.2, 0.25) is 11.8 Å². The van der Waals surface area contributed by atoms with Gasteiger partial charge in [-0.15, -0.1) is 0 Å². The number of carbonyl (C=O) groups excluding carboxylic acids is 3. The third kappa shape index (κ3) is 4.22. The van der Waals surface area contributed by atoms with Crippen LogP contribution in [0, 0.1) is 27.2 Å². The first-order valence-electron chi connectivity index (χ1n) is 11.8. The lowest BCUT2D eigenvalue weighted by Crippen LogP contribution is -2.55. The van der Waals surface area contributed by atoms with Crippen molar-refractivity contribution in [2.75, 3.05) is 20.8 Å². The Kier molecular flexibility index (Phi) is 6.79. The second-order valence-corrected chi connectivity index (χ2v) is 10.6. The summed E-state index contributed by atoms with van der Waals surface area (Å²) in [5.41, 5.74) is 0.641. The van der Waals surface area contributed by atoms with Crippen molar-refractivity contribution in [1.29, 1.82) is 0 Å². The van der Waals surface area contributed by atoms with Gasteiger partial charge in [0.25, 0.3) is 0 Å². The molecule has 0 unspecified atom stereocenters. The number of para-hydroxylation sites is 1. The van der Waals surface area contributed by atoms with Gasteiger partial charge in [-0.1, -0.05) is 18.2 Å². The van der Waals surface area contributed by atoms with Crippen LogP contribution in [0.2, 0.25) is 0 Å². The largest absolute Gasteiger partial charge is 0.504 e. The summed E-state index contributed by atoms with van der Waals surface area (Å²) in [7, 11) is 2.54. The molecule has 37 heavy (non-hydrogen) atoms. The summed E-state index contributed by atoms with van der Waals surface area (Å²) in [6.45, 7) is 0.0308. The molecule has 1 aliphatic carbocycles. The number of hydrogen-bond acceptors (Lipinski definition) is 9. The van der Waals surface area contributed by atoms with Crippen LogP contribution in [0.1, 0.15) is 24.5 Å². The molecule has 196 valence electrons. The fourth-order valence-electron chi connectivity index (χ4n) is 5.80. The average Bonchev–Trinajstić information content (AvgIpc) is 3.38. The van der Waals surface area contributed by atoms with E-state index < -0.39 is 53.5 Å². The molecule has 6 atom stereocenters. The Morgan fingerprint density at radius 1 is 1.16 bits per heavy atom. The number of amides is 3. The predicted octanol–water partition coefficient (Wildman–Crippen LogP) is 3.24. The molecule has 3 aliphatic rings. The van der Waals surface area contributed by atoms with E-state index in [1.807, 2.05) is 40.8 Å². The Balaban J connectivity index is 1.51. The quantitative estimate of drug-likeness (QED) is 0.381. The molecule has 1 saturated carbocycles. The molecule has 2 N–H and O–H groups in total. The van der Waals surface area contributed by atoms with Crippen LogP contribution in [0.25, 0.3) is 0 Å². The highest BCUT2D eigenvalue weighted by Gasteiger charge is 2.68. The average molecular weight is 623 g/mol. The van der Waals surface area contributed by atoms with E-state index >= 15 is 0 Å². The minimum Gasteiger partial charge on any atom is -0.504 e. The van der Waals surface area contributed by atoms with Crippen molar-refractivity contribution in [3.8, 4) is 17.2 Å². The van der Waals surface area contributed by atoms with Gasteiger partial charge in [0.05, 0.1) is 42.3 Å². The van der Waals surface area contributed by atoms with Crippen molar-refractivity contribution in [1.82, 2.24) is 4.90 Å². The SMILES string of the molecule is COC(=O)N1C(=O)[C@H]2[C@H](C[C@H](COc3ccccc3)[C@@]3(O)O[C@H](c4cc(I)c(O)c(OC)c4)C[C@@H]23)C1=O. The second-order valence-electron chi connectivity index (χ2n) is 9.43. The van der Waals surface area contributed by atoms with Crippen LogP contribution in [0.4, 0.5) is 4.79 Å². The minimum absolute atomic E-state index is 0.0135. The zero-order valence-corrected chi connectivity index (χ0v) is 22.3. The maximum Gasteiger partial charge on any atom is 0.423 e. The molecule has 0 aromatic heterocycles. The number of phenols is 1. The normalized spacial score (nSPS) is 30.6. The molecular weight excluding hydrogens is 597 g/mol. The number of benzene rings is 2. The summed E-state index contributed by atoms with van der Waals surface area (Å²) in [5.74, 6) is -5.56. The van der Waals surface area contributed by atoms with Crippen molar-refractivity contribution < 1.29 is 43.5 Å². The number of aromatic hydroxyl groups is 1. The standard InChI is InChI=1S/C26H26INO9/c1-34-20-9-13(8-18(27)22(20)29)19-11-17-21-16(23(30)28(24(21)31)25(32)35-2)10-14(26(17,33)37-19)12-36-15-6-4-3-5-7-15/h3-9,14,16-17,19,21,29,33H,10-12H2,1-2H3/t14-,16+,17+,19+,21+,26-/m1/s1. The highest BCUT2D eigenvalue weighted by atomic mass is 127. The van der Waals surface area contributed by atoms with Crippen LogP contribution in [0.3, 0.4) is 0 Å². The minimum atomic E-state index is -1.81. The van der Waals surface area contributed by atoms with Crippen LogP contribution in [-0.2, 0) is 19.1 Å². The summed E-state index contributed by atoms with van der Waals surface area (Å²) in [4.78, 5) is 39.3. The molecule has 0 spiro atoms. The lowest BCUT2D eigenvalue weighted by atomic mass is 9.64. The number of nitrogens with zero attached hydrogens (tertiary/aromatic N) is 1. The number of ether oxygens (including phenoxy) is 4. The highest BCUT2D eigenvalue weighted by molar-refractivity contribution is 14.1. The number of phenolic OH excluding ortho intramolecular Hbond substituents is 1. The molecule has 2 aromatic rings. The third-order valence-corrected chi connectivity index (χ3v) is 8.38. The van der Waals surface area contributed by atoms with Gasteiger partial charge in [-0.3, -0.25) is 9.59 Å². The van der Waals surface area contributed by atoms with Gasteiger partial charge in [-0.05, 0) is 65.3 Å². The molecule has 10 nitrogen and oxygen atoms in total. The first-order chi connectivity index (χ1) is 17.7. The Morgan fingerprint density at radius 3 is 2.57 bits per heavy atom. The summed E-state index contributed by atoms with van der Waals surface area (Å²) < 4.78 is 22.7. The number of methoxy groups -OCH3 is 2. The van der Waals surface area contributed by atoms with E-state index in [1.165, 1.54) is 7.11 Å². The van der Waals surface area contributed by atoms with E-state index in [9.17, 15) is 24.6 Å². The van der Waals surface area contributed by atoms with E-state index in [2.05, 4.69) is 4.74 Å². The number of halogens is 1. The summed E-state index contributed by atoms with van der Waals surface area (Å²) in [5, 5.41) is 22.2. The van der Waals surface area contributed by atoms with Gasteiger partial charge < -0.3 is 29.2 Å². The number of imide groups is 3. The Labute approximate surface area is 226 Å². The molecular formula is C26H26INO9. The monoisotopic (exact) mass is 623 g/mol. The number of fused-ring (bicyclic) bond motifs is 3.